The Bertz CT molecular complexity index is 1050. The summed E-state index contributed by atoms with van der Waals surface area (Å²) in [5.74, 6) is 0.571. The highest BCUT2D eigenvalue weighted by molar-refractivity contribution is 6.10. The molecule has 1 aliphatic rings. The van der Waals surface area contributed by atoms with Gasteiger partial charge in [0.15, 0.2) is 0 Å². The Morgan fingerprint density at radius 3 is 2.76 bits per heavy atom. The highest BCUT2D eigenvalue weighted by atomic mass is 19.3. The summed E-state index contributed by atoms with van der Waals surface area (Å²) in [6, 6.07) is 2.87. The van der Waals surface area contributed by atoms with Crippen molar-refractivity contribution in [1.29, 1.82) is 0 Å². The average molecular weight is 403 g/mol. The van der Waals surface area contributed by atoms with Crippen LogP contribution < -0.4 is 15.4 Å². The molecule has 0 bridgehead atoms. The lowest BCUT2D eigenvalue weighted by atomic mass is 10.1. The van der Waals surface area contributed by atoms with E-state index in [4.69, 9.17) is 4.42 Å². The molecule has 0 unspecified atom stereocenters. The molecule has 2 N–H and O–H groups in total. The van der Waals surface area contributed by atoms with Crippen LogP contribution in [0.15, 0.2) is 29.1 Å². The SMILES string of the molecule is Cc1oc2ncnc(NC3(C)CC3)c2c1C(=O)NCc1ccc(OC(F)F)cn1. The number of pyridine rings is 1. The van der Waals surface area contributed by atoms with Gasteiger partial charge in [-0.2, -0.15) is 8.78 Å². The first-order valence-corrected chi connectivity index (χ1v) is 9.05. The number of rotatable bonds is 7. The number of furan rings is 1. The molecular formula is C19H19F2N5O3. The van der Waals surface area contributed by atoms with Crippen LogP contribution in [0.4, 0.5) is 14.6 Å². The summed E-state index contributed by atoms with van der Waals surface area (Å²) in [5.41, 5.74) is 1.14. The maximum atomic E-state index is 12.9. The van der Waals surface area contributed by atoms with Crippen molar-refractivity contribution in [1.82, 2.24) is 20.3 Å². The molecule has 0 atom stereocenters. The van der Waals surface area contributed by atoms with Crippen molar-refractivity contribution >= 4 is 22.8 Å². The van der Waals surface area contributed by atoms with Gasteiger partial charge in [-0.25, -0.2) is 9.97 Å². The van der Waals surface area contributed by atoms with Crippen LogP contribution in [0.3, 0.4) is 0 Å². The predicted molar refractivity (Wildman–Crippen MR) is 99.8 cm³/mol. The summed E-state index contributed by atoms with van der Waals surface area (Å²) >= 11 is 0. The summed E-state index contributed by atoms with van der Waals surface area (Å²) < 4.78 is 34.3. The van der Waals surface area contributed by atoms with E-state index in [1.165, 1.54) is 24.7 Å². The first kappa shape index (κ1) is 19.0. The van der Waals surface area contributed by atoms with Crippen LogP contribution in [-0.4, -0.2) is 33.0 Å². The number of carbonyl (C=O) groups excluding carboxylic acids is 1. The highest BCUT2D eigenvalue weighted by Gasteiger charge is 2.38. The minimum Gasteiger partial charge on any atom is -0.442 e. The number of anilines is 1. The topological polar surface area (TPSA) is 102 Å². The van der Waals surface area contributed by atoms with Crippen LogP contribution in [0.2, 0.25) is 0 Å². The second-order valence-electron chi connectivity index (χ2n) is 7.17. The van der Waals surface area contributed by atoms with E-state index in [0.717, 1.165) is 12.8 Å². The zero-order chi connectivity index (χ0) is 20.6. The Kier molecular flexibility index (Phi) is 4.77. The van der Waals surface area contributed by atoms with Crippen LogP contribution in [-0.2, 0) is 6.54 Å². The fraction of sp³-hybridized carbons (Fsp3) is 0.368. The molecule has 1 aliphatic carbocycles. The number of carbonyl (C=O) groups is 1. The number of nitrogens with zero attached hydrogens (tertiary/aromatic N) is 3. The molecule has 0 aliphatic heterocycles. The van der Waals surface area contributed by atoms with E-state index in [-0.39, 0.29) is 23.7 Å². The van der Waals surface area contributed by atoms with E-state index in [1.807, 2.05) is 0 Å². The number of aryl methyl sites for hydroxylation is 1. The number of aromatic nitrogens is 3. The number of halogens is 2. The number of ether oxygens (including phenoxy) is 1. The molecule has 10 heteroatoms. The quantitative estimate of drug-likeness (QED) is 0.623. The largest absolute Gasteiger partial charge is 0.442 e. The van der Waals surface area contributed by atoms with Gasteiger partial charge in [0, 0.05) is 5.54 Å². The van der Waals surface area contributed by atoms with Crippen LogP contribution in [0.5, 0.6) is 5.75 Å². The molecule has 8 nitrogen and oxygen atoms in total. The van der Waals surface area contributed by atoms with Crippen LogP contribution in [0.1, 0.15) is 41.6 Å². The van der Waals surface area contributed by atoms with Gasteiger partial charge in [-0.3, -0.25) is 9.78 Å². The Morgan fingerprint density at radius 2 is 2.10 bits per heavy atom. The van der Waals surface area contributed by atoms with E-state index in [2.05, 4.69) is 37.2 Å². The lowest BCUT2D eigenvalue weighted by molar-refractivity contribution is -0.0500. The number of hydrogen-bond donors (Lipinski definition) is 2. The second kappa shape index (κ2) is 7.26. The molecule has 3 aromatic rings. The third-order valence-electron chi connectivity index (χ3n) is 4.76. The van der Waals surface area contributed by atoms with Gasteiger partial charge in [-0.05, 0) is 38.8 Å². The molecule has 0 aromatic carbocycles. The zero-order valence-electron chi connectivity index (χ0n) is 15.8. The molecule has 1 saturated carbocycles. The van der Waals surface area contributed by atoms with Crippen molar-refractivity contribution in [2.24, 2.45) is 0 Å². The van der Waals surface area contributed by atoms with Gasteiger partial charge >= 0.3 is 6.61 Å². The Balaban J connectivity index is 1.53. The summed E-state index contributed by atoms with van der Waals surface area (Å²) in [6.45, 7) is 0.963. The standard InChI is InChI=1S/C19H19F2N5O3/c1-10-13(14-15(26-19(2)5-6-19)24-9-25-17(14)28-10)16(27)23-7-11-3-4-12(8-22-11)29-18(20)21/h3-4,8-9,18H,5-7H2,1-2H3,(H,23,27)(H,24,25,26). The van der Waals surface area contributed by atoms with E-state index < -0.39 is 6.61 Å². The van der Waals surface area contributed by atoms with Gasteiger partial charge in [0.1, 0.15) is 23.7 Å². The van der Waals surface area contributed by atoms with Crippen molar-refractivity contribution in [3.63, 3.8) is 0 Å². The summed E-state index contributed by atoms with van der Waals surface area (Å²) in [4.78, 5) is 25.3. The molecule has 1 amide bonds. The molecule has 0 saturated heterocycles. The first-order valence-electron chi connectivity index (χ1n) is 9.05. The lowest BCUT2D eigenvalue weighted by Crippen LogP contribution is -2.24. The van der Waals surface area contributed by atoms with Crippen molar-refractivity contribution in [2.45, 2.75) is 45.4 Å². The van der Waals surface area contributed by atoms with Crippen molar-refractivity contribution in [3.8, 4) is 5.75 Å². The van der Waals surface area contributed by atoms with Crippen LogP contribution >= 0.6 is 0 Å². The number of amides is 1. The van der Waals surface area contributed by atoms with Gasteiger partial charge in [-0.1, -0.05) is 0 Å². The predicted octanol–water partition coefficient (Wildman–Crippen LogP) is 3.42. The first-order chi connectivity index (χ1) is 13.8. The maximum absolute atomic E-state index is 12.9. The Labute approximate surface area is 164 Å². The number of alkyl halides is 2. The van der Waals surface area contributed by atoms with Gasteiger partial charge in [-0.15, -0.1) is 0 Å². The Morgan fingerprint density at radius 1 is 1.31 bits per heavy atom. The van der Waals surface area contributed by atoms with Crippen LogP contribution in [0, 0.1) is 6.92 Å². The monoisotopic (exact) mass is 403 g/mol. The second-order valence-corrected chi connectivity index (χ2v) is 7.17. The fourth-order valence-electron chi connectivity index (χ4n) is 2.96. The molecule has 0 radical (unpaired) electrons. The molecule has 29 heavy (non-hydrogen) atoms. The lowest BCUT2D eigenvalue weighted by Gasteiger charge is -2.13. The molecule has 4 rings (SSSR count). The van der Waals surface area contributed by atoms with Gasteiger partial charge in [0.05, 0.1) is 29.4 Å². The normalized spacial score (nSPS) is 14.8. The number of nitrogens with one attached hydrogen (secondary N) is 2. The van der Waals surface area contributed by atoms with E-state index in [9.17, 15) is 13.6 Å². The van der Waals surface area contributed by atoms with E-state index >= 15 is 0 Å². The third kappa shape index (κ3) is 4.10. The minimum atomic E-state index is -2.91. The summed E-state index contributed by atoms with van der Waals surface area (Å²) in [6.07, 6.45) is 4.62. The zero-order valence-corrected chi connectivity index (χ0v) is 15.8. The smallest absolute Gasteiger partial charge is 0.387 e. The molecular weight excluding hydrogens is 384 g/mol. The average Bonchev–Trinajstić information content (AvgIpc) is 3.28. The number of fused-ring (bicyclic) bond motifs is 1. The van der Waals surface area contributed by atoms with Crippen molar-refractivity contribution in [2.75, 3.05) is 5.32 Å². The molecule has 152 valence electrons. The van der Waals surface area contributed by atoms with Gasteiger partial charge in [0.25, 0.3) is 5.91 Å². The maximum Gasteiger partial charge on any atom is 0.387 e. The number of hydrogen-bond acceptors (Lipinski definition) is 7. The minimum absolute atomic E-state index is 0.0355. The summed E-state index contributed by atoms with van der Waals surface area (Å²) in [7, 11) is 0. The van der Waals surface area contributed by atoms with Gasteiger partial charge < -0.3 is 19.8 Å². The van der Waals surface area contributed by atoms with Gasteiger partial charge in [0.2, 0.25) is 5.71 Å². The van der Waals surface area contributed by atoms with Crippen LogP contribution in [0.25, 0.3) is 11.1 Å². The summed E-state index contributed by atoms with van der Waals surface area (Å²) in [5, 5.41) is 6.66. The highest BCUT2D eigenvalue weighted by Crippen LogP contribution is 2.40. The molecule has 3 heterocycles. The van der Waals surface area contributed by atoms with E-state index in [1.54, 1.807) is 6.92 Å². The molecule has 0 spiro atoms. The van der Waals surface area contributed by atoms with E-state index in [0.29, 0.717) is 33.9 Å². The Hall–Kier alpha value is -3.30. The third-order valence-corrected chi connectivity index (χ3v) is 4.76. The fourth-order valence-corrected chi connectivity index (χ4v) is 2.96. The van der Waals surface area contributed by atoms with Crippen molar-refractivity contribution in [3.05, 3.63) is 41.7 Å². The molecule has 3 aromatic heterocycles. The molecule has 1 fully saturated rings. The van der Waals surface area contributed by atoms with Crippen molar-refractivity contribution < 1.29 is 22.7 Å².